The van der Waals surface area contributed by atoms with Gasteiger partial charge in [0, 0.05) is 6.54 Å². The van der Waals surface area contributed by atoms with Crippen molar-refractivity contribution >= 4 is 0 Å². The van der Waals surface area contributed by atoms with Gasteiger partial charge in [0.1, 0.15) is 0 Å². The highest BCUT2D eigenvalue weighted by Crippen LogP contribution is 2.22. The molecule has 2 atom stereocenters. The summed E-state index contributed by atoms with van der Waals surface area (Å²) in [6.45, 7) is 9.35. The molecule has 0 aromatic carbocycles. The van der Waals surface area contributed by atoms with Gasteiger partial charge in [0.15, 0.2) is 0 Å². The second-order valence-corrected chi connectivity index (χ2v) is 5.83. The van der Waals surface area contributed by atoms with E-state index in [9.17, 15) is 0 Å². The predicted molar refractivity (Wildman–Crippen MR) is 76.1 cm³/mol. The Kier molecular flexibility index (Phi) is 7.87. The highest BCUT2D eigenvalue weighted by atomic mass is 15.1. The first kappa shape index (κ1) is 15.0. The molecule has 0 spiro atoms. The van der Waals surface area contributed by atoms with Crippen LogP contribution in [0, 0.1) is 11.8 Å². The SMILES string of the molecule is CCCCCCCCN1CCC(C)C(CN)C1. The zero-order chi connectivity index (χ0) is 12.5. The molecule has 0 aromatic heterocycles. The molecule has 1 aliphatic rings. The smallest absolute Gasteiger partial charge is 0.00243 e. The molecule has 1 saturated heterocycles. The first-order valence-electron chi connectivity index (χ1n) is 7.70. The number of hydrogen-bond donors (Lipinski definition) is 1. The second kappa shape index (κ2) is 8.93. The maximum Gasteiger partial charge on any atom is 0.00243 e. The summed E-state index contributed by atoms with van der Waals surface area (Å²) in [6.07, 6.45) is 9.77. The molecule has 0 bridgehead atoms. The molecule has 2 unspecified atom stereocenters. The highest BCUT2D eigenvalue weighted by molar-refractivity contribution is 4.78. The fourth-order valence-corrected chi connectivity index (χ4v) is 2.85. The molecule has 0 radical (unpaired) electrons. The molecule has 2 nitrogen and oxygen atoms in total. The van der Waals surface area contributed by atoms with Gasteiger partial charge < -0.3 is 10.6 Å². The van der Waals surface area contributed by atoms with Crippen molar-refractivity contribution in [2.24, 2.45) is 17.6 Å². The molecule has 1 fully saturated rings. The lowest BCUT2D eigenvalue weighted by atomic mass is 9.87. The number of hydrogen-bond acceptors (Lipinski definition) is 2. The van der Waals surface area contributed by atoms with Gasteiger partial charge in [-0.2, -0.15) is 0 Å². The third-order valence-corrected chi connectivity index (χ3v) is 4.33. The molecule has 2 heteroatoms. The van der Waals surface area contributed by atoms with Crippen LogP contribution in [0.2, 0.25) is 0 Å². The van der Waals surface area contributed by atoms with E-state index in [1.807, 2.05) is 0 Å². The normalized spacial score (nSPS) is 26.3. The molecular weight excluding hydrogens is 208 g/mol. The predicted octanol–water partition coefficient (Wildman–Crippen LogP) is 3.26. The number of likely N-dealkylation sites (tertiary alicyclic amines) is 1. The van der Waals surface area contributed by atoms with E-state index in [4.69, 9.17) is 5.73 Å². The van der Waals surface area contributed by atoms with E-state index in [0.29, 0.717) is 0 Å². The Labute approximate surface area is 108 Å². The van der Waals surface area contributed by atoms with E-state index in [1.54, 1.807) is 0 Å². The van der Waals surface area contributed by atoms with Gasteiger partial charge in [-0.1, -0.05) is 46.0 Å². The number of rotatable bonds is 8. The fraction of sp³-hybridized carbons (Fsp3) is 1.00. The van der Waals surface area contributed by atoms with Gasteiger partial charge in [-0.25, -0.2) is 0 Å². The summed E-state index contributed by atoms with van der Waals surface area (Å²) in [6, 6.07) is 0. The average Bonchev–Trinajstić information content (AvgIpc) is 2.35. The van der Waals surface area contributed by atoms with Gasteiger partial charge in [-0.15, -0.1) is 0 Å². The molecule has 0 amide bonds. The van der Waals surface area contributed by atoms with Crippen molar-refractivity contribution in [3.8, 4) is 0 Å². The molecule has 0 saturated carbocycles. The van der Waals surface area contributed by atoms with Crippen molar-refractivity contribution in [1.29, 1.82) is 0 Å². The van der Waals surface area contributed by atoms with Crippen LogP contribution in [-0.4, -0.2) is 31.1 Å². The molecular formula is C15H32N2. The summed E-state index contributed by atoms with van der Waals surface area (Å²) in [5.74, 6) is 1.57. The molecule has 0 aliphatic carbocycles. The van der Waals surface area contributed by atoms with Crippen LogP contribution in [0.1, 0.15) is 58.8 Å². The third kappa shape index (κ3) is 5.87. The topological polar surface area (TPSA) is 29.3 Å². The Morgan fingerprint density at radius 1 is 1.12 bits per heavy atom. The molecule has 17 heavy (non-hydrogen) atoms. The van der Waals surface area contributed by atoms with Gasteiger partial charge in [0.05, 0.1) is 0 Å². The van der Waals surface area contributed by atoms with Crippen molar-refractivity contribution < 1.29 is 0 Å². The lowest BCUT2D eigenvalue weighted by Crippen LogP contribution is -2.42. The zero-order valence-electron chi connectivity index (χ0n) is 12.0. The van der Waals surface area contributed by atoms with Crippen LogP contribution in [-0.2, 0) is 0 Å². The van der Waals surface area contributed by atoms with E-state index in [2.05, 4.69) is 18.7 Å². The van der Waals surface area contributed by atoms with Crippen LogP contribution < -0.4 is 5.73 Å². The minimum absolute atomic E-state index is 0.740. The van der Waals surface area contributed by atoms with E-state index < -0.39 is 0 Å². The van der Waals surface area contributed by atoms with E-state index >= 15 is 0 Å². The maximum absolute atomic E-state index is 5.84. The standard InChI is InChI=1S/C15H32N2/c1-3-4-5-6-7-8-10-17-11-9-14(2)15(12-16)13-17/h14-15H,3-13,16H2,1-2H3. The molecule has 102 valence electrons. The van der Waals surface area contributed by atoms with Crippen LogP contribution in [0.15, 0.2) is 0 Å². The first-order chi connectivity index (χ1) is 8.27. The third-order valence-electron chi connectivity index (χ3n) is 4.33. The fourth-order valence-electron chi connectivity index (χ4n) is 2.85. The summed E-state index contributed by atoms with van der Waals surface area (Å²) < 4.78 is 0. The lowest BCUT2D eigenvalue weighted by molar-refractivity contribution is 0.130. The zero-order valence-corrected chi connectivity index (χ0v) is 12.0. The largest absolute Gasteiger partial charge is 0.330 e. The van der Waals surface area contributed by atoms with Crippen molar-refractivity contribution in [1.82, 2.24) is 4.90 Å². The molecule has 1 heterocycles. The Morgan fingerprint density at radius 2 is 1.82 bits per heavy atom. The minimum atomic E-state index is 0.740. The molecule has 1 rings (SSSR count). The first-order valence-corrected chi connectivity index (χ1v) is 7.70. The van der Waals surface area contributed by atoms with Gasteiger partial charge >= 0.3 is 0 Å². The number of piperidine rings is 1. The minimum Gasteiger partial charge on any atom is -0.330 e. The van der Waals surface area contributed by atoms with Gasteiger partial charge in [0.2, 0.25) is 0 Å². The Balaban J connectivity index is 2.03. The Bertz CT molecular complexity index is 182. The van der Waals surface area contributed by atoms with Gasteiger partial charge in [0.25, 0.3) is 0 Å². The summed E-state index contributed by atoms with van der Waals surface area (Å²) in [7, 11) is 0. The highest BCUT2D eigenvalue weighted by Gasteiger charge is 2.24. The van der Waals surface area contributed by atoms with Crippen LogP contribution in [0.3, 0.4) is 0 Å². The quantitative estimate of drug-likeness (QED) is 0.660. The molecule has 0 aromatic rings. The second-order valence-electron chi connectivity index (χ2n) is 5.83. The van der Waals surface area contributed by atoms with Crippen LogP contribution in [0.5, 0.6) is 0 Å². The lowest BCUT2D eigenvalue weighted by Gasteiger charge is -2.36. The Morgan fingerprint density at radius 3 is 2.53 bits per heavy atom. The number of unbranched alkanes of at least 4 members (excludes halogenated alkanes) is 5. The van der Waals surface area contributed by atoms with Crippen LogP contribution >= 0.6 is 0 Å². The summed E-state index contributed by atoms with van der Waals surface area (Å²) in [5, 5.41) is 0. The average molecular weight is 240 g/mol. The van der Waals surface area contributed by atoms with E-state index in [1.165, 1.54) is 64.6 Å². The summed E-state index contributed by atoms with van der Waals surface area (Å²) >= 11 is 0. The van der Waals surface area contributed by atoms with Crippen molar-refractivity contribution in [2.75, 3.05) is 26.2 Å². The van der Waals surface area contributed by atoms with Crippen molar-refractivity contribution in [3.05, 3.63) is 0 Å². The molecule has 1 aliphatic heterocycles. The van der Waals surface area contributed by atoms with Crippen molar-refractivity contribution in [2.45, 2.75) is 58.8 Å². The molecule has 2 N–H and O–H groups in total. The van der Waals surface area contributed by atoms with Crippen LogP contribution in [0.4, 0.5) is 0 Å². The van der Waals surface area contributed by atoms with E-state index in [-0.39, 0.29) is 0 Å². The van der Waals surface area contributed by atoms with Crippen LogP contribution in [0.25, 0.3) is 0 Å². The summed E-state index contributed by atoms with van der Waals surface area (Å²) in [4.78, 5) is 2.64. The maximum atomic E-state index is 5.84. The number of nitrogens with zero attached hydrogens (tertiary/aromatic N) is 1. The monoisotopic (exact) mass is 240 g/mol. The summed E-state index contributed by atoms with van der Waals surface area (Å²) in [5.41, 5.74) is 5.84. The van der Waals surface area contributed by atoms with E-state index in [0.717, 1.165) is 18.4 Å². The number of nitrogens with two attached hydrogens (primary N) is 1. The van der Waals surface area contributed by atoms with Crippen molar-refractivity contribution in [3.63, 3.8) is 0 Å². The Hall–Kier alpha value is -0.0800. The van der Waals surface area contributed by atoms with Gasteiger partial charge in [-0.05, 0) is 44.3 Å². The van der Waals surface area contributed by atoms with Gasteiger partial charge in [-0.3, -0.25) is 0 Å².